The normalized spacial score (nSPS) is 13.5. The summed E-state index contributed by atoms with van der Waals surface area (Å²) in [5.41, 5.74) is 1.68. The van der Waals surface area contributed by atoms with Gasteiger partial charge in [0.1, 0.15) is 0 Å². The molecule has 0 aromatic heterocycles. The van der Waals surface area contributed by atoms with Gasteiger partial charge in [0.25, 0.3) is 5.91 Å². The van der Waals surface area contributed by atoms with Gasteiger partial charge in [0.05, 0.1) is 27.3 Å². The third-order valence-electron chi connectivity index (χ3n) is 4.24. The van der Waals surface area contributed by atoms with Crippen molar-refractivity contribution in [2.24, 2.45) is 0 Å². The van der Waals surface area contributed by atoms with Crippen molar-refractivity contribution < 1.29 is 9.59 Å². The van der Waals surface area contributed by atoms with E-state index in [1.807, 2.05) is 4.90 Å². The van der Waals surface area contributed by atoms with Crippen molar-refractivity contribution in [3.63, 3.8) is 0 Å². The average Bonchev–Trinajstić information content (AvgIpc) is 3.19. The maximum Gasteiger partial charge on any atom is 0.253 e. The molecule has 3 rings (SSSR count). The van der Waals surface area contributed by atoms with Crippen molar-refractivity contribution in [2.75, 3.05) is 30.3 Å². The Labute approximate surface area is 172 Å². The number of anilines is 2. The molecule has 0 unspecified atom stereocenters. The highest BCUT2D eigenvalue weighted by atomic mass is 35.5. The number of hydrogen-bond donors (Lipinski definition) is 2. The molecule has 0 atom stereocenters. The van der Waals surface area contributed by atoms with Gasteiger partial charge in [0, 0.05) is 24.3 Å². The molecule has 1 aliphatic heterocycles. The molecule has 1 saturated heterocycles. The monoisotopic (exact) mass is 425 g/mol. The molecule has 8 heteroatoms. The quantitative estimate of drug-likeness (QED) is 0.666. The summed E-state index contributed by atoms with van der Waals surface area (Å²) in [6.45, 7) is 1.60. The molecule has 5 nitrogen and oxygen atoms in total. The lowest BCUT2D eigenvalue weighted by Gasteiger charge is -2.16. The Balaban J connectivity index is 1.60. The molecule has 0 bridgehead atoms. The Kier molecular flexibility index (Phi) is 6.47. The smallest absolute Gasteiger partial charge is 0.253 e. The van der Waals surface area contributed by atoms with Crippen molar-refractivity contribution >= 4 is 58.0 Å². The first-order chi connectivity index (χ1) is 12.9. The maximum absolute atomic E-state index is 12.5. The van der Waals surface area contributed by atoms with Crippen molar-refractivity contribution in [1.29, 1.82) is 0 Å². The number of rotatable bonds is 5. The second-order valence-electron chi connectivity index (χ2n) is 6.23. The van der Waals surface area contributed by atoms with Crippen molar-refractivity contribution in [3.05, 3.63) is 57.0 Å². The Morgan fingerprint density at radius 2 is 1.67 bits per heavy atom. The summed E-state index contributed by atoms with van der Waals surface area (Å²) < 4.78 is 0. The van der Waals surface area contributed by atoms with Crippen molar-refractivity contribution in [3.8, 4) is 0 Å². The first-order valence-corrected chi connectivity index (χ1v) is 9.65. The molecule has 1 heterocycles. The Morgan fingerprint density at radius 3 is 2.41 bits per heavy atom. The van der Waals surface area contributed by atoms with E-state index in [-0.39, 0.29) is 18.4 Å². The first kappa shape index (κ1) is 19.8. The Morgan fingerprint density at radius 1 is 0.963 bits per heavy atom. The highest BCUT2D eigenvalue weighted by molar-refractivity contribution is 6.44. The molecule has 142 valence electrons. The van der Waals surface area contributed by atoms with Gasteiger partial charge < -0.3 is 15.5 Å². The molecule has 1 fully saturated rings. The number of carbonyl (C=O) groups excluding carboxylic acids is 2. The Bertz CT molecular complexity index is 867. The molecule has 2 N–H and O–H groups in total. The Hall–Kier alpha value is -1.95. The van der Waals surface area contributed by atoms with E-state index >= 15 is 0 Å². The number of nitrogens with zero attached hydrogens (tertiary/aromatic N) is 1. The van der Waals surface area contributed by atoms with Gasteiger partial charge in [-0.05, 0) is 43.2 Å². The average molecular weight is 427 g/mol. The minimum Gasteiger partial charge on any atom is -0.376 e. The molecule has 0 aliphatic carbocycles. The van der Waals surface area contributed by atoms with Gasteiger partial charge in [-0.15, -0.1) is 0 Å². The fourth-order valence-electron chi connectivity index (χ4n) is 2.86. The molecule has 27 heavy (non-hydrogen) atoms. The standard InChI is InChI=1S/C19H18Cl3N3O2/c20-14-9-16(22)17(10-15(14)21)24-18(26)11-23-13-5-3-4-12(8-13)19(27)25-6-1-2-7-25/h3-5,8-10,23H,1-2,6-7,11H2,(H,24,26). The molecular formula is C19H18Cl3N3O2. The van der Waals surface area contributed by atoms with Crippen LogP contribution in [-0.2, 0) is 4.79 Å². The van der Waals surface area contributed by atoms with Gasteiger partial charge in [0.2, 0.25) is 5.91 Å². The molecule has 0 saturated carbocycles. The molecule has 2 aromatic carbocycles. The fraction of sp³-hybridized carbons (Fsp3) is 0.263. The summed E-state index contributed by atoms with van der Waals surface area (Å²) in [6, 6.07) is 10.1. The topological polar surface area (TPSA) is 61.4 Å². The third kappa shape index (κ3) is 5.06. The van der Waals surface area contributed by atoms with Crippen LogP contribution in [0.5, 0.6) is 0 Å². The first-order valence-electron chi connectivity index (χ1n) is 8.51. The molecular weight excluding hydrogens is 409 g/mol. The van der Waals surface area contributed by atoms with Crippen LogP contribution in [0.1, 0.15) is 23.2 Å². The number of amides is 2. The van der Waals surface area contributed by atoms with Crippen LogP contribution in [-0.4, -0.2) is 36.3 Å². The van der Waals surface area contributed by atoms with Crippen LogP contribution in [0.3, 0.4) is 0 Å². The van der Waals surface area contributed by atoms with Crippen LogP contribution in [0.2, 0.25) is 15.1 Å². The van der Waals surface area contributed by atoms with Crippen molar-refractivity contribution in [1.82, 2.24) is 4.90 Å². The second-order valence-corrected chi connectivity index (χ2v) is 7.45. The number of nitrogens with one attached hydrogen (secondary N) is 2. The van der Waals surface area contributed by atoms with Crippen molar-refractivity contribution in [2.45, 2.75) is 12.8 Å². The summed E-state index contributed by atoms with van der Waals surface area (Å²) >= 11 is 17.9. The molecule has 2 amide bonds. The summed E-state index contributed by atoms with van der Waals surface area (Å²) in [4.78, 5) is 26.5. The summed E-state index contributed by atoms with van der Waals surface area (Å²) in [5.74, 6) is -0.283. The van der Waals surface area contributed by atoms with Gasteiger partial charge in [-0.3, -0.25) is 9.59 Å². The highest BCUT2D eigenvalue weighted by Crippen LogP contribution is 2.32. The van der Waals surface area contributed by atoms with Crippen LogP contribution in [0, 0.1) is 0 Å². The minimum atomic E-state index is -0.299. The van der Waals surface area contributed by atoms with E-state index < -0.39 is 0 Å². The zero-order valence-electron chi connectivity index (χ0n) is 14.4. The van der Waals surface area contributed by atoms with E-state index in [2.05, 4.69) is 10.6 Å². The van der Waals surface area contributed by atoms with Crippen LogP contribution < -0.4 is 10.6 Å². The van der Waals surface area contributed by atoms with E-state index in [9.17, 15) is 9.59 Å². The van der Waals surface area contributed by atoms with E-state index in [0.29, 0.717) is 32.0 Å². The number of halogens is 3. The van der Waals surface area contributed by atoms with E-state index in [1.54, 1.807) is 24.3 Å². The molecule has 0 radical (unpaired) electrons. The highest BCUT2D eigenvalue weighted by Gasteiger charge is 2.19. The van der Waals surface area contributed by atoms with E-state index in [4.69, 9.17) is 34.8 Å². The van der Waals surface area contributed by atoms with E-state index in [0.717, 1.165) is 25.9 Å². The maximum atomic E-state index is 12.5. The summed E-state index contributed by atoms with van der Waals surface area (Å²) in [6.07, 6.45) is 2.09. The number of hydrogen-bond acceptors (Lipinski definition) is 3. The van der Waals surface area contributed by atoms with Crippen LogP contribution in [0.25, 0.3) is 0 Å². The molecule has 0 spiro atoms. The van der Waals surface area contributed by atoms with Gasteiger partial charge in [0.15, 0.2) is 0 Å². The van der Waals surface area contributed by atoms with Gasteiger partial charge in [-0.25, -0.2) is 0 Å². The number of carbonyl (C=O) groups is 2. The second kappa shape index (κ2) is 8.83. The number of likely N-dealkylation sites (tertiary alicyclic amines) is 1. The van der Waals surface area contributed by atoms with Crippen LogP contribution in [0.4, 0.5) is 11.4 Å². The predicted octanol–water partition coefficient (Wildman–Crippen LogP) is 4.93. The lowest BCUT2D eigenvalue weighted by atomic mass is 10.1. The third-order valence-corrected chi connectivity index (χ3v) is 5.27. The number of benzene rings is 2. The molecule has 2 aromatic rings. The summed E-state index contributed by atoms with van der Waals surface area (Å²) in [5, 5.41) is 6.61. The lowest BCUT2D eigenvalue weighted by Crippen LogP contribution is -2.27. The van der Waals surface area contributed by atoms with Gasteiger partial charge in [-0.1, -0.05) is 40.9 Å². The van der Waals surface area contributed by atoms with Gasteiger partial charge in [-0.2, -0.15) is 0 Å². The predicted molar refractivity (Wildman–Crippen MR) is 110 cm³/mol. The largest absolute Gasteiger partial charge is 0.376 e. The SMILES string of the molecule is O=C(CNc1cccc(C(=O)N2CCCC2)c1)Nc1cc(Cl)c(Cl)cc1Cl. The summed E-state index contributed by atoms with van der Waals surface area (Å²) in [7, 11) is 0. The van der Waals surface area contributed by atoms with Crippen LogP contribution >= 0.6 is 34.8 Å². The minimum absolute atomic E-state index is 0.0118. The van der Waals surface area contributed by atoms with E-state index in [1.165, 1.54) is 12.1 Å². The van der Waals surface area contributed by atoms with Crippen LogP contribution in [0.15, 0.2) is 36.4 Å². The van der Waals surface area contributed by atoms with Gasteiger partial charge >= 0.3 is 0 Å². The fourth-order valence-corrected chi connectivity index (χ4v) is 3.45. The zero-order chi connectivity index (χ0) is 19.4. The molecule has 1 aliphatic rings. The zero-order valence-corrected chi connectivity index (χ0v) is 16.7. The lowest BCUT2D eigenvalue weighted by molar-refractivity contribution is -0.114.